The van der Waals surface area contributed by atoms with Crippen molar-refractivity contribution in [2.45, 2.75) is 30.1 Å². The number of aliphatic carboxylic acids is 1. The first-order chi connectivity index (χ1) is 14.1. The highest BCUT2D eigenvalue weighted by Crippen LogP contribution is 2.40. The number of rotatable bonds is 6. The molecule has 160 valence electrons. The van der Waals surface area contributed by atoms with Crippen LogP contribution in [0.2, 0.25) is 0 Å². The maximum Gasteiger partial charge on any atom is 0.352 e. The van der Waals surface area contributed by atoms with Gasteiger partial charge in [0, 0.05) is 11.5 Å². The Morgan fingerprint density at radius 1 is 1.47 bits per heavy atom. The van der Waals surface area contributed by atoms with E-state index >= 15 is 0 Å². The van der Waals surface area contributed by atoms with Crippen LogP contribution in [0.4, 0.5) is 0 Å². The van der Waals surface area contributed by atoms with Gasteiger partial charge in [0.1, 0.15) is 28.9 Å². The number of carboxylic acids is 1. The number of aromatic hydroxyl groups is 1. The Bertz CT molecular complexity index is 966. The third-order valence-electron chi connectivity index (χ3n) is 4.79. The second-order valence-electron chi connectivity index (χ2n) is 6.84. The summed E-state index contributed by atoms with van der Waals surface area (Å²) in [4.78, 5) is 37.9. The van der Waals surface area contributed by atoms with Crippen molar-refractivity contribution in [3.63, 3.8) is 0 Å². The standard InChI is InChI=1S/C18H21N5O5S2/c1-7-5-29-16-12(15(26)23(16)13(7)17(27)28)22-14(25)11(19)10-3-2-9(24)4-8(10)6-30-18(20)21/h2-4,11-12,16,24H,5-6,19H2,1H3,(H3,20,21)(H,22,25)(H,27,28). The summed E-state index contributed by atoms with van der Waals surface area (Å²) in [5.41, 5.74) is 13.0. The summed E-state index contributed by atoms with van der Waals surface area (Å²) >= 11 is 2.40. The third-order valence-corrected chi connectivity index (χ3v) is 6.98. The Morgan fingerprint density at radius 2 is 2.17 bits per heavy atom. The highest BCUT2D eigenvalue weighted by atomic mass is 32.2. The number of hydrogen-bond acceptors (Lipinski definition) is 8. The fourth-order valence-corrected chi connectivity index (χ4v) is 5.19. The molecule has 30 heavy (non-hydrogen) atoms. The Kier molecular flexibility index (Phi) is 6.29. The summed E-state index contributed by atoms with van der Waals surface area (Å²) in [6, 6.07) is 2.35. The predicted octanol–water partition coefficient (Wildman–Crippen LogP) is 0.277. The van der Waals surface area contributed by atoms with Crippen molar-refractivity contribution in [3.8, 4) is 5.75 Å². The van der Waals surface area contributed by atoms with Crippen molar-refractivity contribution in [3.05, 3.63) is 40.6 Å². The minimum Gasteiger partial charge on any atom is -0.508 e. The molecule has 2 amide bonds. The molecule has 0 saturated carbocycles. The average molecular weight is 452 g/mol. The number of fused-ring (bicyclic) bond motifs is 1. The number of amidine groups is 1. The van der Waals surface area contributed by atoms with E-state index in [9.17, 15) is 24.6 Å². The quantitative estimate of drug-likeness (QED) is 0.201. The van der Waals surface area contributed by atoms with Gasteiger partial charge in [0.15, 0.2) is 5.17 Å². The minimum absolute atomic E-state index is 0.0164. The normalized spacial score (nSPS) is 21.5. The number of carbonyl (C=O) groups excluding carboxylic acids is 2. The van der Waals surface area contributed by atoms with E-state index in [4.69, 9.17) is 16.9 Å². The molecule has 2 aliphatic heterocycles. The van der Waals surface area contributed by atoms with Gasteiger partial charge in [-0.15, -0.1) is 11.8 Å². The Hall–Kier alpha value is -2.70. The summed E-state index contributed by atoms with van der Waals surface area (Å²) in [6.07, 6.45) is 0. The molecule has 1 aromatic rings. The third kappa shape index (κ3) is 4.11. The molecule has 1 saturated heterocycles. The lowest BCUT2D eigenvalue weighted by atomic mass is 9.99. The lowest BCUT2D eigenvalue weighted by Crippen LogP contribution is -2.71. The highest BCUT2D eigenvalue weighted by Gasteiger charge is 2.54. The van der Waals surface area contributed by atoms with Crippen LogP contribution in [0.15, 0.2) is 29.5 Å². The summed E-state index contributed by atoms with van der Waals surface area (Å²) in [5.74, 6) is -1.61. The van der Waals surface area contributed by atoms with Crippen LogP contribution in [0.1, 0.15) is 24.1 Å². The molecule has 0 aliphatic carbocycles. The zero-order chi connectivity index (χ0) is 22.2. The summed E-state index contributed by atoms with van der Waals surface area (Å²) in [7, 11) is 0. The van der Waals surface area contributed by atoms with Gasteiger partial charge in [-0.05, 0) is 35.8 Å². The van der Waals surface area contributed by atoms with Gasteiger partial charge in [0.25, 0.3) is 5.91 Å². The molecule has 0 bridgehead atoms. The number of nitrogens with one attached hydrogen (secondary N) is 2. The monoisotopic (exact) mass is 451 g/mol. The van der Waals surface area contributed by atoms with Gasteiger partial charge >= 0.3 is 5.97 Å². The van der Waals surface area contributed by atoms with Crippen LogP contribution in [0, 0.1) is 5.41 Å². The van der Waals surface area contributed by atoms with E-state index in [-0.39, 0.29) is 22.4 Å². The number of carboxylic acid groups (broad SMARTS) is 1. The van der Waals surface area contributed by atoms with Crippen LogP contribution >= 0.6 is 23.5 Å². The maximum atomic E-state index is 12.7. The maximum absolute atomic E-state index is 12.7. The minimum atomic E-state index is -1.18. The van der Waals surface area contributed by atoms with Crippen molar-refractivity contribution in [2.75, 3.05) is 5.75 Å². The Labute approximate surface area is 180 Å². The van der Waals surface area contributed by atoms with Crippen molar-refractivity contribution in [2.24, 2.45) is 11.5 Å². The van der Waals surface area contributed by atoms with Crippen molar-refractivity contribution in [1.29, 1.82) is 5.41 Å². The number of β-lactam (4-membered cyclic amide) rings is 1. The van der Waals surface area contributed by atoms with E-state index < -0.39 is 35.2 Å². The number of hydrogen-bond donors (Lipinski definition) is 6. The van der Waals surface area contributed by atoms with Gasteiger partial charge in [0.2, 0.25) is 5.91 Å². The van der Waals surface area contributed by atoms with E-state index in [1.807, 2.05) is 0 Å². The molecule has 3 unspecified atom stereocenters. The first-order valence-corrected chi connectivity index (χ1v) is 10.9. The largest absolute Gasteiger partial charge is 0.508 e. The average Bonchev–Trinajstić information content (AvgIpc) is 2.69. The second-order valence-corrected chi connectivity index (χ2v) is 8.97. The number of thioether (sulfide) groups is 2. The molecular formula is C18H21N5O5S2. The number of benzene rings is 1. The zero-order valence-electron chi connectivity index (χ0n) is 15.9. The Morgan fingerprint density at radius 3 is 2.80 bits per heavy atom. The van der Waals surface area contributed by atoms with Crippen molar-refractivity contribution >= 4 is 46.5 Å². The SMILES string of the molecule is CC1=C(C(=O)O)N2C(=O)C(NC(=O)C(N)c3ccc(O)cc3CSC(=N)N)C2SC1. The topological polar surface area (TPSA) is 183 Å². The molecule has 3 atom stereocenters. The molecule has 8 N–H and O–H groups in total. The Balaban J connectivity index is 1.74. The molecule has 0 spiro atoms. The summed E-state index contributed by atoms with van der Waals surface area (Å²) in [6.45, 7) is 1.66. The molecule has 0 aromatic heterocycles. The molecule has 1 fully saturated rings. The van der Waals surface area contributed by atoms with Gasteiger partial charge in [-0.3, -0.25) is 19.9 Å². The predicted molar refractivity (Wildman–Crippen MR) is 114 cm³/mol. The van der Waals surface area contributed by atoms with Crippen LogP contribution in [0.3, 0.4) is 0 Å². The fourth-order valence-electron chi connectivity index (χ4n) is 3.34. The van der Waals surface area contributed by atoms with Crippen molar-refractivity contribution in [1.82, 2.24) is 10.2 Å². The number of nitrogens with zero attached hydrogens (tertiary/aromatic N) is 1. The van der Waals surface area contributed by atoms with Crippen LogP contribution in [0.25, 0.3) is 0 Å². The van der Waals surface area contributed by atoms with E-state index in [1.165, 1.54) is 34.9 Å². The number of nitrogens with two attached hydrogens (primary N) is 2. The lowest BCUT2D eigenvalue weighted by Gasteiger charge is -2.49. The molecule has 3 rings (SSSR count). The fraction of sp³-hybridized carbons (Fsp3) is 0.333. The molecule has 1 aromatic carbocycles. The molecular weight excluding hydrogens is 430 g/mol. The van der Waals surface area contributed by atoms with Crippen LogP contribution < -0.4 is 16.8 Å². The number of carbonyl (C=O) groups is 3. The first kappa shape index (κ1) is 22.0. The number of amides is 2. The van der Waals surface area contributed by atoms with Gasteiger partial charge in [-0.1, -0.05) is 17.8 Å². The summed E-state index contributed by atoms with van der Waals surface area (Å²) in [5, 5.41) is 28.4. The van der Waals surface area contributed by atoms with Crippen LogP contribution in [0.5, 0.6) is 5.75 Å². The van der Waals surface area contributed by atoms with Crippen LogP contribution in [-0.4, -0.2) is 55.2 Å². The number of phenols is 1. The number of phenolic OH excluding ortho intramolecular Hbond substituents is 1. The van der Waals surface area contributed by atoms with E-state index in [2.05, 4.69) is 5.32 Å². The smallest absolute Gasteiger partial charge is 0.352 e. The van der Waals surface area contributed by atoms with Crippen LogP contribution in [-0.2, 0) is 20.1 Å². The summed E-state index contributed by atoms with van der Waals surface area (Å²) < 4.78 is 0. The lowest BCUT2D eigenvalue weighted by molar-refractivity contribution is -0.150. The molecule has 2 aliphatic rings. The van der Waals surface area contributed by atoms with Gasteiger partial charge in [-0.25, -0.2) is 4.79 Å². The van der Waals surface area contributed by atoms with Gasteiger partial charge in [0.05, 0.1) is 0 Å². The molecule has 2 heterocycles. The highest BCUT2D eigenvalue weighted by molar-refractivity contribution is 8.13. The zero-order valence-corrected chi connectivity index (χ0v) is 17.5. The van der Waals surface area contributed by atoms with E-state index in [1.54, 1.807) is 6.92 Å². The first-order valence-electron chi connectivity index (χ1n) is 8.84. The molecule has 10 nitrogen and oxygen atoms in total. The van der Waals surface area contributed by atoms with Gasteiger partial charge < -0.3 is 27.0 Å². The van der Waals surface area contributed by atoms with E-state index in [0.717, 1.165) is 11.8 Å². The van der Waals surface area contributed by atoms with Gasteiger partial charge in [-0.2, -0.15) is 0 Å². The molecule has 12 heteroatoms. The van der Waals surface area contributed by atoms with Crippen molar-refractivity contribution < 1.29 is 24.6 Å². The second kappa shape index (κ2) is 8.58. The molecule has 0 radical (unpaired) electrons. The van der Waals surface area contributed by atoms with E-state index in [0.29, 0.717) is 22.5 Å².